The van der Waals surface area contributed by atoms with Crippen LogP contribution in [0.15, 0.2) is 30.3 Å². The lowest BCUT2D eigenvalue weighted by molar-refractivity contribution is -0.126. The topological polar surface area (TPSA) is 55.1 Å². The second-order valence-corrected chi connectivity index (χ2v) is 6.55. The molecule has 21 heavy (non-hydrogen) atoms. The molecule has 0 saturated heterocycles. The van der Waals surface area contributed by atoms with E-state index in [0.717, 1.165) is 12.1 Å². The molecule has 3 nitrogen and oxygen atoms in total. The Labute approximate surface area is 128 Å². The molecule has 1 fully saturated rings. The first kappa shape index (κ1) is 16.0. The molecule has 116 valence electrons. The Morgan fingerprint density at radius 2 is 2.00 bits per heavy atom. The van der Waals surface area contributed by atoms with Crippen molar-refractivity contribution < 1.29 is 4.79 Å². The van der Waals surface area contributed by atoms with Gasteiger partial charge in [-0.05, 0) is 30.2 Å². The third kappa shape index (κ3) is 3.85. The Bertz CT molecular complexity index is 454. The number of amides is 1. The van der Waals surface area contributed by atoms with Crippen LogP contribution in [0.4, 0.5) is 0 Å². The molecule has 0 aliphatic heterocycles. The van der Waals surface area contributed by atoms with Gasteiger partial charge in [0, 0.05) is 12.6 Å². The predicted molar refractivity (Wildman–Crippen MR) is 86.7 cm³/mol. The molecular weight excluding hydrogens is 260 g/mol. The average Bonchev–Trinajstić information content (AvgIpc) is 2.48. The highest BCUT2D eigenvalue weighted by Gasteiger charge is 2.36. The molecule has 0 spiro atoms. The molecule has 3 heteroatoms. The Morgan fingerprint density at radius 1 is 1.33 bits per heavy atom. The molecule has 1 aliphatic rings. The van der Waals surface area contributed by atoms with Crippen molar-refractivity contribution in [3.63, 3.8) is 0 Å². The minimum atomic E-state index is -0.241. The van der Waals surface area contributed by atoms with Crippen LogP contribution in [0.3, 0.4) is 0 Å². The highest BCUT2D eigenvalue weighted by Crippen LogP contribution is 2.44. The zero-order valence-electron chi connectivity index (χ0n) is 13.3. The summed E-state index contributed by atoms with van der Waals surface area (Å²) in [6.45, 7) is 4.95. The van der Waals surface area contributed by atoms with Gasteiger partial charge in [-0.1, -0.05) is 57.0 Å². The molecule has 2 atom stereocenters. The molecule has 2 unspecified atom stereocenters. The summed E-state index contributed by atoms with van der Waals surface area (Å²) in [6, 6.07) is 9.62. The molecule has 2 rings (SSSR count). The van der Waals surface area contributed by atoms with E-state index in [9.17, 15) is 4.79 Å². The number of nitrogens with two attached hydrogens (primary N) is 1. The smallest absolute Gasteiger partial charge is 0.224 e. The maximum absolute atomic E-state index is 12.4. The van der Waals surface area contributed by atoms with Crippen molar-refractivity contribution in [1.29, 1.82) is 0 Å². The second kappa shape index (κ2) is 7.08. The van der Waals surface area contributed by atoms with E-state index >= 15 is 0 Å². The van der Waals surface area contributed by atoms with Crippen molar-refractivity contribution in [2.24, 2.45) is 17.1 Å². The van der Waals surface area contributed by atoms with Crippen LogP contribution in [-0.2, 0) is 4.79 Å². The Balaban J connectivity index is 1.88. The van der Waals surface area contributed by atoms with Crippen molar-refractivity contribution in [2.45, 2.75) is 52.0 Å². The molecule has 1 aromatic carbocycles. The Hall–Kier alpha value is -1.35. The van der Waals surface area contributed by atoms with Crippen molar-refractivity contribution in [3.8, 4) is 0 Å². The summed E-state index contributed by atoms with van der Waals surface area (Å²) in [5.74, 6) is -0.125. The number of nitrogens with one attached hydrogen (secondary N) is 1. The van der Waals surface area contributed by atoms with Gasteiger partial charge in [-0.25, -0.2) is 0 Å². The quantitative estimate of drug-likeness (QED) is 0.808. The molecule has 1 aliphatic carbocycles. The standard InChI is InChI=1S/C18H28N2O/c1-3-10-18(11-7-12-18)13-20-17(21)14(2)16(19)15-8-5-4-6-9-15/h4-6,8-9,14,16H,3,7,10-13,19H2,1-2H3,(H,20,21). The van der Waals surface area contributed by atoms with Gasteiger partial charge in [-0.2, -0.15) is 0 Å². The van der Waals surface area contributed by atoms with E-state index in [1.54, 1.807) is 0 Å². The first-order valence-corrected chi connectivity index (χ1v) is 8.16. The predicted octanol–water partition coefficient (Wildman–Crippen LogP) is 3.41. The molecule has 0 heterocycles. The zero-order valence-corrected chi connectivity index (χ0v) is 13.3. The molecular formula is C18H28N2O. The molecule has 1 aromatic rings. The number of hydrogen-bond acceptors (Lipinski definition) is 2. The van der Waals surface area contributed by atoms with Crippen molar-refractivity contribution in [2.75, 3.05) is 6.54 Å². The molecule has 0 bridgehead atoms. The van der Waals surface area contributed by atoms with Gasteiger partial charge in [0.25, 0.3) is 0 Å². The van der Waals surface area contributed by atoms with Crippen LogP contribution >= 0.6 is 0 Å². The lowest BCUT2D eigenvalue weighted by Gasteiger charge is -2.42. The molecule has 0 aromatic heterocycles. The fourth-order valence-electron chi connectivity index (χ4n) is 3.28. The van der Waals surface area contributed by atoms with Crippen LogP contribution in [-0.4, -0.2) is 12.5 Å². The second-order valence-electron chi connectivity index (χ2n) is 6.55. The fourth-order valence-corrected chi connectivity index (χ4v) is 3.28. The number of hydrogen-bond donors (Lipinski definition) is 2. The van der Waals surface area contributed by atoms with Gasteiger partial charge in [0.15, 0.2) is 0 Å². The largest absolute Gasteiger partial charge is 0.355 e. The average molecular weight is 288 g/mol. The third-order valence-electron chi connectivity index (χ3n) is 4.97. The van der Waals surface area contributed by atoms with Gasteiger partial charge in [0.2, 0.25) is 5.91 Å². The first-order valence-electron chi connectivity index (χ1n) is 8.16. The minimum absolute atomic E-state index is 0.0775. The van der Waals surface area contributed by atoms with Crippen molar-refractivity contribution in [1.82, 2.24) is 5.32 Å². The number of carbonyl (C=O) groups excluding carboxylic acids is 1. The SMILES string of the molecule is CCCC1(CNC(=O)C(C)C(N)c2ccccc2)CCC1. The number of rotatable bonds is 7. The van der Waals surface area contributed by atoms with E-state index < -0.39 is 0 Å². The van der Waals surface area contributed by atoms with E-state index in [0.29, 0.717) is 5.41 Å². The van der Waals surface area contributed by atoms with Gasteiger partial charge >= 0.3 is 0 Å². The highest BCUT2D eigenvalue weighted by atomic mass is 16.1. The molecule has 1 amide bonds. The van der Waals surface area contributed by atoms with Gasteiger partial charge in [0.05, 0.1) is 5.92 Å². The van der Waals surface area contributed by atoms with Crippen LogP contribution in [0, 0.1) is 11.3 Å². The van der Waals surface area contributed by atoms with E-state index in [1.165, 1.54) is 32.1 Å². The highest BCUT2D eigenvalue weighted by molar-refractivity contribution is 5.79. The first-order chi connectivity index (χ1) is 10.1. The lowest BCUT2D eigenvalue weighted by Crippen LogP contribution is -2.45. The summed E-state index contributed by atoms with van der Waals surface area (Å²) >= 11 is 0. The van der Waals surface area contributed by atoms with Gasteiger partial charge in [0.1, 0.15) is 0 Å². The number of benzene rings is 1. The maximum Gasteiger partial charge on any atom is 0.224 e. The Kier molecular flexibility index (Phi) is 5.40. The summed E-state index contributed by atoms with van der Waals surface area (Å²) in [5.41, 5.74) is 7.61. The minimum Gasteiger partial charge on any atom is -0.355 e. The normalized spacial score (nSPS) is 19.4. The van der Waals surface area contributed by atoms with Crippen LogP contribution in [0.25, 0.3) is 0 Å². The fraction of sp³-hybridized carbons (Fsp3) is 0.611. The molecule has 1 saturated carbocycles. The third-order valence-corrected chi connectivity index (χ3v) is 4.97. The maximum atomic E-state index is 12.4. The van der Waals surface area contributed by atoms with Gasteiger partial charge in [-0.3, -0.25) is 4.79 Å². The van der Waals surface area contributed by atoms with Crippen LogP contribution in [0.5, 0.6) is 0 Å². The number of carbonyl (C=O) groups is 1. The van der Waals surface area contributed by atoms with E-state index in [2.05, 4.69) is 12.2 Å². The van der Waals surface area contributed by atoms with Crippen LogP contribution < -0.4 is 11.1 Å². The van der Waals surface area contributed by atoms with Crippen LogP contribution in [0.2, 0.25) is 0 Å². The van der Waals surface area contributed by atoms with Gasteiger partial charge in [-0.15, -0.1) is 0 Å². The lowest BCUT2D eigenvalue weighted by atomic mass is 9.66. The summed E-state index contributed by atoms with van der Waals surface area (Å²) in [7, 11) is 0. The Morgan fingerprint density at radius 3 is 2.52 bits per heavy atom. The summed E-state index contributed by atoms with van der Waals surface area (Å²) in [4.78, 5) is 12.4. The molecule has 0 radical (unpaired) electrons. The monoisotopic (exact) mass is 288 g/mol. The summed E-state index contributed by atoms with van der Waals surface area (Å²) in [6.07, 6.45) is 6.21. The van der Waals surface area contributed by atoms with E-state index in [4.69, 9.17) is 5.73 Å². The summed E-state index contributed by atoms with van der Waals surface area (Å²) in [5, 5.41) is 3.14. The van der Waals surface area contributed by atoms with E-state index in [1.807, 2.05) is 37.3 Å². The van der Waals surface area contributed by atoms with Crippen molar-refractivity contribution >= 4 is 5.91 Å². The van der Waals surface area contributed by atoms with E-state index in [-0.39, 0.29) is 17.9 Å². The van der Waals surface area contributed by atoms with Crippen LogP contribution in [0.1, 0.15) is 57.6 Å². The zero-order chi connectivity index (χ0) is 15.3. The summed E-state index contributed by atoms with van der Waals surface area (Å²) < 4.78 is 0. The van der Waals surface area contributed by atoms with Gasteiger partial charge < -0.3 is 11.1 Å². The van der Waals surface area contributed by atoms with Crippen molar-refractivity contribution in [3.05, 3.63) is 35.9 Å². The molecule has 3 N–H and O–H groups in total.